The predicted octanol–water partition coefficient (Wildman–Crippen LogP) is 4.86. The van der Waals surface area contributed by atoms with Crippen LogP contribution >= 0.6 is 0 Å². The lowest BCUT2D eigenvalue weighted by Crippen LogP contribution is -2.43. The molecule has 0 aliphatic carbocycles. The lowest BCUT2D eigenvalue weighted by atomic mass is 10.1. The molecule has 2 heteroatoms. The first-order valence-corrected chi connectivity index (χ1v) is 11.4. The van der Waals surface area contributed by atoms with Gasteiger partial charge in [0.05, 0.1) is 8.07 Å². The van der Waals surface area contributed by atoms with Crippen molar-refractivity contribution < 1.29 is 0 Å². The molecule has 18 heavy (non-hydrogen) atoms. The molecule has 1 rings (SSSR count). The van der Waals surface area contributed by atoms with Crippen LogP contribution in [-0.4, -0.2) is 32.2 Å². The van der Waals surface area contributed by atoms with Crippen LogP contribution in [0.1, 0.15) is 51.4 Å². The Kier molecular flexibility index (Phi) is 7.92. The zero-order chi connectivity index (χ0) is 13.3. The largest absolute Gasteiger partial charge is 0.306 e. The van der Waals surface area contributed by atoms with Crippen molar-refractivity contribution in [1.82, 2.24) is 4.90 Å². The first-order valence-electron chi connectivity index (χ1n) is 7.97. The van der Waals surface area contributed by atoms with Gasteiger partial charge >= 0.3 is 0 Å². The molecule has 0 atom stereocenters. The van der Waals surface area contributed by atoms with Crippen molar-refractivity contribution in [2.45, 2.75) is 70.5 Å². The summed E-state index contributed by atoms with van der Waals surface area (Å²) in [6, 6.07) is 1.27. The molecule has 1 aliphatic heterocycles. The lowest BCUT2D eigenvalue weighted by Gasteiger charge is -2.30. The third-order valence-corrected chi connectivity index (χ3v) is 6.74. The molecule has 0 aromatic carbocycles. The van der Waals surface area contributed by atoms with E-state index in [1.165, 1.54) is 76.7 Å². The highest BCUT2D eigenvalue weighted by Crippen LogP contribution is 2.16. The van der Waals surface area contributed by atoms with Gasteiger partial charge in [0.25, 0.3) is 0 Å². The molecule has 1 heterocycles. The SMILES string of the molecule is C=CC[Si](C)(C)CN1CCCCCCCCCC1. The summed E-state index contributed by atoms with van der Waals surface area (Å²) in [6.45, 7) is 11.6. The van der Waals surface area contributed by atoms with Gasteiger partial charge in [-0.3, -0.25) is 0 Å². The van der Waals surface area contributed by atoms with Gasteiger partial charge in [-0.1, -0.05) is 57.7 Å². The maximum Gasteiger partial charge on any atom is 0.0666 e. The van der Waals surface area contributed by atoms with Gasteiger partial charge in [-0.05, 0) is 38.1 Å². The molecule has 0 N–H and O–H groups in total. The summed E-state index contributed by atoms with van der Waals surface area (Å²) in [5.74, 6) is 0. The van der Waals surface area contributed by atoms with Gasteiger partial charge in [-0.15, -0.1) is 6.58 Å². The Morgan fingerprint density at radius 2 is 1.33 bits per heavy atom. The number of hydrogen-bond acceptors (Lipinski definition) is 1. The molecule has 1 aliphatic rings. The highest BCUT2D eigenvalue weighted by Gasteiger charge is 2.22. The monoisotopic (exact) mass is 267 g/mol. The van der Waals surface area contributed by atoms with Crippen LogP contribution in [0, 0.1) is 0 Å². The Labute approximate surface area is 116 Å². The van der Waals surface area contributed by atoms with Crippen LogP contribution in [0.4, 0.5) is 0 Å². The molecule has 0 aromatic rings. The molecule has 106 valence electrons. The zero-order valence-corrected chi connectivity index (χ0v) is 13.7. The highest BCUT2D eigenvalue weighted by molar-refractivity contribution is 6.77. The van der Waals surface area contributed by atoms with Crippen LogP contribution in [0.2, 0.25) is 19.1 Å². The van der Waals surface area contributed by atoms with Crippen molar-refractivity contribution in [3.63, 3.8) is 0 Å². The van der Waals surface area contributed by atoms with Crippen molar-refractivity contribution in [3.05, 3.63) is 12.7 Å². The number of hydrogen-bond donors (Lipinski definition) is 0. The second-order valence-electron chi connectivity index (χ2n) is 6.76. The molecule has 1 nitrogen and oxygen atoms in total. The number of allylic oxidation sites excluding steroid dienone is 1. The van der Waals surface area contributed by atoms with Crippen LogP contribution in [0.15, 0.2) is 12.7 Å². The summed E-state index contributed by atoms with van der Waals surface area (Å²) in [7, 11) is -1.06. The first kappa shape index (κ1) is 16.0. The van der Waals surface area contributed by atoms with E-state index in [0.29, 0.717) is 0 Å². The van der Waals surface area contributed by atoms with Crippen molar-refractivity contribution in [2.24, 2.45) is 0 Å². The van der Waals surface area contributed by atoms with Crippen molar-refractivity contribution >= 4 is 8.07 Å². The summed E-state index contributed by atoms with van der Waals surface area (Å²) in [4.78, 5) is 2.76. The Balaban J connectivity index is 2.40. The Morgan fingerprint density at radius 1 is 0.889 bits per heavy atom. The second kappa shape index (κ2) is 8.92. The summed E-state index contributed by atoms with van der Waals surface area (Å²) < 4.78 is 0. The Morgan fingerprint density at radius 3 is 1.78 bits per heavy atom. The smallest absolute Gasteiger partial charge is 0.0666 e. The van der Waals surface area contributed by atoms with E-state index < -0.39 is 8.07 Å². The van der Waals surface area contributed by atoms with Crippen molar-refractivity contribution in [1.29, 1.82) is 0 Å². The molecule has 1 fully saturated rings. The standard InChI is InChI=1S/C16H33NSi/c1-4-15-18(2,3)16-17-13-11-9-7-5-6-8-10-12-14-17/h4H,1,5-16H2,2-3H3. The zero-order valence-electron chi connectivity index (χ0n) is 12.7. The Hall–Kier alpha value is -0.0831. The van der Waals surface area contributed by atoms with E-state index in [2.05, 4.69) is 30.6 Å². The molecule has 1 saturated heterocycles. The lowest BCUT2D eigenvalue weighted by molar-refractivity contribution is 0.298. The van der Waals surface area contributed by atoms with Gasteiger partial charge in [0, 0.05) is 0 Å². The van der Waals surface area contributed by atoms with Gasteiger partial charge in [0.2, 0.25) is 0 Å². The maximum absolute atomic E-state index is 3.93. The second-order valence-corrected chi connectivity index (χ2v) is 11.8. The predicted molar refractivity (Wildman–Crippen MR) is 85.9 cm³/mol. The van der Waals surface area contributed by atoms with Crippen LogP contribution in [0.3, 0.4) is 0 Å². The van der Waals surface area contributed by atoms with Crippen molar-refractivity contribution in [3.8, 4) is 0 Å². The average Bonchev–Trinajstić information content (AvgIpc) is 2.34. The van der Waals surface area contributed by atoms with E-state index in [1.54, 1.807) is 0 Å². The number of rotatable bonds is 4. The summed E-state index contributed by atoms with van der Waals surface area (Å²) in [5.41, 5.74) is 0. The topological polar surface area (TPSA) is 3.24 Å². The molecule has 0 amide bonds. The quantitative estimate of drug-likeness (QED) is 0.519. The minimum atomic E-state index is -1.06. The highest BCUT2D eigenvalue weighted by atomic mass is 28.3. The molecular formula is C16H33NSi. The van der Waals surface area contributed by atoms with Gasteiger partial charge < -0.3 is 4.90 Å². The van der Waals surface area contributed by atoms with E-state index in [0.717, 1.165) is 0 Å². The molecule has 0 unspecified atom stereocenters. The number of nitrogens with zero attached hydrogens (tertiary/aromatic N) is 1. The van der Waals surface area contributed by atoms with Gasteiger partial charge in [-0.25, -0.2) is 0 Å². The summed E-state index contributed by atoms with van der Waals surface area (Å²) >= 11 is 0. The van der Waals surface area contributed by atoms with E-state index in [9.17, 15) is 0 Å². The van der Waals surface area contributed by atoms with Crippen LogP contribution in [0.25, 0.3) is 0 Å². The third-order valence-electron chi connectivity index (χ3n) is 4.05. The first-order chi connectivity index (χ1) is 8.64. The van der Waals surface area contributed by atoms with Gasteiger partial charge in [-0.2, -0.15) is 0 Å². The molecule has 0 spiro atoms. The van der Waals surface area contributed by atoms with E-state index >= 15 is 0 Å². The minimum absolute atomic E-state index is 1.06. The van der Waals surface area contributed by atoms with Gasteiger partial charge in [0.15, 0.2) is 0 Å². The normalized spacial score (nSPS) is 21.2. The van der Waals surface area contributed by atoms with E-state index in [-0.39, 0.29) is 0 Å². The minimum Gasteiger partial charge on any atom is -0.306 e. The fourth-order valence-corrected chi connectivity index (χ4v) is 5.50. The average molecular weight is 268 g/mol. The third kappa shape index (κ3) is 7.37. The fourth-order valence-electron chi connectivity index (χ4n) is 3.06. The van der Waals surface area contributed by atoms with Gasteiger partial charge in [0.1, 0.15) is 0 Å². The summed E-state index contributed by atoms with van der Waals surface area (Å²) in [6.07, 6.45) is 15.1. The molecule has 0 bridgehead atoms. The Bertz CT molecular complexity index is 213. The van der Waals surface area contributed by atoms with E-state index in [1.807, 2.05) is 0 Å². The van der Waals surface area contributed by atoms with E-state index in [4.69, 9.17) is 0 Å². The molecule has 0 radical (unpaired) electrons. The maximum atomic E-state index is 3.93. The van der Waals surface area contributed by atoms with Crippen LogP contribution in [-0.2, 0) is 0 Å². The molecular weight excluding hydrogens is 234 g/mol. The summed E-state index contributed by atoms with van der Waals surface area (Å²) in [5, 5.41) is 0. The fraction of sp³-hybridized carbons (Fsp3) is 0.875. The van der Waals surface area contributed by atoms with Crippen molar-refractivity contribution in [2.75, 3.05) is 19.3 Å². The molecule has 0 saturated carbocycles. The van der Waals surface area contributed by atoms with Crippen LogP contribution < -0.4 is 0 Å². The molecule has 0 aromatic heterocycles. The van der Waals surface area contributed by atoms with Crippen LogP contribution in [0.5, 0.6) is 0 Å².